The molecule has 2 aromatic rings. The van der Waals surface area contributed by atoms with Gasteiger partial charge in [-0.05, 0) is 50.9 Å². The van der Waals surface area contributed by atoms with E-state index in [4.69, 9.17) is 0 Å². The smallest absolute Gasteiger partial charge is 0.0552 e. The van der Waals surface area contributed by atoms with Crippen molar-refractivity contribution < 1.29 is 0 Å². The molecule has 0 aliphatic carbocycles. The molecule has 3 rings (SSSR count). The minimum atomic E-state index is 0.524. The van der Waals surface area contributed by atoms with Crippen LogP contribution in [0, 0.1) is 13.8 Å². The summed E-state index contributed by atoms with van der Waals surface area (Å²) in [4.78, 5) is 5.53. The molecular weight excluding hydrogens is 266 g/mol. The van der Waals surface area contributed by atoms with Gasteiger partial charge in [0.25, 0.3) is 0 Å². The molecule has 1 aliphatic heterocycles. The molecule has 0 unspecified atom stereocenters. The summed E-state index contributed by atoms with van der Waals surface area (Å²) in [6.07, 6.45) is 5.81. The molecule has 2 aromatic heterocycles. The fraction of sp³-hybridized carbons (Fsp3) is 0.562. The van der Waals surface area contributed by atoms with Gasteiger partial charge in [-0.25, -0.2) is 0 Å². The lowest BCUT2D eigenvalue weighted by atomic mass is 9.98. The van der Waals surface area contributed by atoms with E-state index >= 15 is 0 Å². The van der Waals surface area contributed by atoms with Crippen LogP contribution in [-0.2, 0) is 13.6 Å². The SMILES string of the molecule is Cc1cc(CN2CCCC[C@H]2c2ccnn2C)c(C)s1. The highest BCUT2D eigenvalue weighted by Crippen LogP contribution is 2.33. The Morgan fingerprint density at radius 2 is 2.20 bits per heavy atom. The van der Waals surface area contributed by atoms with E-state index in [1.165, 1.54) is 46.8 Å². The molecule has 0 spiro atoms. The third-order valence-corrected chi connectivity index (χ3v) is 5.34. The quantitative estimate of drug-likeness (QED) is 0.856. The average molecular weight is 289 g/mol. The zero-order valence-corrected chi connectivity index (χ0v) is 13.4. The van der Waals surface area contributed by atoms with Gasteiger partial charge >= 0.3 is 0 Å². The molecule has 20 heavy (non-hydrogen) atoms. The first-order chi connectivity index (χ1) is 9.65. The van der Waals surface area contributed by atoms with Gasteiger partial charge < -0.3 is 0 Å². The number of nitrogens with zero attached hydrogens (tertiary/aromatic N) is 3. The van der Waals surface area contributed by atoms with Crippen LogP contribution < -0.4 is 0 Å². The molecular formula is C16H23N3S. The number of aryl methyl sites for hydroxylation is 3. The number of aromatic nitrogens is 2. The normalized spacial score (nSPS) is 20.4. The van der Waals surface area contributed by atoms with Crippen molar-refractivity contribution in [3.05, 3.63) is 39.3 Å². The van der Waals surface area contributed by atoms with Crippen LogP contribution in [0.15, 0.2) is 18.3 Å². The van der Waals surface area contributed by atoms with E-state index in [0.29, 0.717) is 6.04 Å². The summed E-state index contributed by atoms with van der Waals surface area (Å²) in [7, 11) is 2.06. The van der Waals surface area contributed by atoms with Crippen molar-refractivity contribution in [1.29, 1.82) is 0 Å². The van der Waals surface area contributed by atoms with E-state index in [2.05, 4.69) is 43.0 Å². The lowest BCUT2D eigenvalue weighted by Gasteiger charge is -2.35. The van der Waals surface area contributed by atoms with E-state index in [9.17, 15) is 0 Å². The van der Waals surface area contributed by atoms with Crippen molar-refractivity contribution in [3.8, 4) is 0 Å². The molecule has 1 saturated heterocycles. The predicted octanol–water partition coefficient (Wildman–Crippen LogP) is 3.83. The highest BCUT2D eigenvalue weighted by atomic mass is 32.1. The monoisotopic (exact) mass is 289 g/mol. The Hall–Kier alpha value is -1.13. The topological polar surface area (TPSA) is 21.1 Å². The van der Waals surface area contributed by atoms with Crippen LogP contribution in [-0.4, -0.2) is 21.2 Å². The number of hydrogen-bond donors (Lipinski definition) is 0. The van der Waals surface area contributed by atoms with Gasteiger partial charge in [0.2, 0.25) is 0 Å². The van der Waals surface area contributed by atoms with Crippen LogP contribution in [0.2, 0.25) is 0 Å². The average Bonchev–Trinajstić information content (AvgIpc) is 2.97. The Labute approximate surface area is 125 Å². The Kier molecular flexibility index (Phi) is 3.94. The van der Waals surface area contributed by atoms with Gasteiger partial charge in [0.1, 0.15) is 0 Å². The van der Waals surface area contributed by atoms with Crippen molar-refractivity contribution in [2.24, 2.45) is 7.05 Å². The molecule has 3 nitrogen and oxygen atoms in total. The summed E-state index contributed by atoms with van der Waals surface area (Å²) < 4.78 is 2.04. The van der Waals surface area contributed by atoms with Crippen molar-refractivity contribution in [3.63, 3.8) is 0 Å². The summed E-state index contributed by atoms with van der Waals surface area (Å²) in [5, 5.41) is 4.35. The van der Waals surface area contributed by atoms with Crippen LogP contribution in [0.4, 0.5) is 0 Å². The third kappa shape index (κ3) is 2.67. The molecule has 0 N–H and O–H groups in total. The molecule has 0 amide bonds. The van der Waals surface area contributed by atoms with Gasteiger partial charge in [-0.1, -0.05) is 6.42 Å². The van der Waals surface area contributed by atoms with Crippen LogP contribution in [0.5, 0.6) is 0 Å². The van der Waals surface area contributed by atoms with Crippen molar-refractivity contribution in [1.82, 2.24) is 14.7 Å². The van der Waals surface area contributed by atoms with Gasteiger partial charge in [-0.3, -0.25) is 9.58 Å². The second-order valence-corrected chi connectivity index (χ2v) is 7.26. The molecule has 3 heterocycles. The van der Waals surface area contributed by atoms with Gasteiger partial charge in [0.15, 0.2) is 0 Å². The fourth-order valence-corrected chi connectivity index (χ4v) is 4.22. The molecule has 4 heteroatoms. The molecule has 1 aliphatic rings. The summed E-state index contributed by atoms with van der Waals surface area (Å²) in [5.74, 6) is 0. The van der Waals surface area contributed by atoms with E-state index in [1.54, 1.807) is 0 Å². The minimum Gasteiger partial charge on any atom is -0.290 e. The Bertz CT molecular complexity index is 584. The molecule has 0 bridgehead atoms. The Morgan fingerprint density at radius 3 is 2.85 bits per heavy atom. The van der Waals surface area contributed by atoms with Crippen LogP contribution in [0.3, 0.4) is 0 Å². The summed E-state index contributed by atoms with van der Waals surface area (Å²) in [6.45, 7) is 6.72. The summed E-state index contributed by atoms with van der Waals surface area (Å²) >= 11 is 1.92. The molecule has 1 atom stereocenters. The maximum absolute atomic E-state index is 4.35. The minimum absolute atomic E-state index is 0.524. The molecule has 0 aromatic carbocycles. The Morgan fingerprint density at radius 1 is 1.35 bits per heavy atom. The first-order valence-electron chi connectivity index (χ1n) is 7.43. The van der Waals surface area contributed by atoms with Crippen LogP contribution >= 0.6 is 11.3 Å². The molecule has 0 radical (unpaired) electrons. The summed E-state index contributed by atoms with van der Waals surface area (Å²) in [6, 6.07) is 5.06. The van der Waals surface area contributed by atoms with E-state index < -0.39 is 0 Å². The lowest BCUT2D eigenvalue weighted by Crippen LogP contribution is -2.34. The van der Waals surface area contributed by atoms with Crippen LogP contribution in [0.25, 0.3) is 0 Å². The third-order valence-electron chi connectivity index (χ3n) is 4.33. The molecule has 0 saturated carbocycles. The standard InChI is InChI=1S/C16H23N3S/c1-12-10-14(13(2)20-12)11-19-9-5-4-6-16(19)15-7-8-17-18(15)3/h7-8,10,16H,4-6,9,11H2,1-3H3/t16-/m0/s1. The second-order valence-electron chi connectivity index (χ2n) is 5.80. The molecule has 108 valence electrons. The van der Waals surface area contributed by atoms with E-state index in [-0.39, 0.29) is 0 Å². The maximum Gasteiger partial charge on any atom is 0.0552 e. The second kappa shape index (κ2) is 5.70. The van der Waals surface area contributed by atoms with Crippen molar-refractivity contribution in [2.75, 3.05) is 6.54 Å². The number of likely N-dealkylation sites (tertiary alicyclic amines) is 1. The van der Waals surface area contributed by atoms with E-state index in [1.807, 2.05) is 22.2 Å². The summed E-state index contributed by atoms with van der Waals surface area (Å²) in [5.41, 5.74) is 2.86. The first kappa shape index (κ1) is 13.8. The van der Waals surface area contributed by atoms with E-state index in [0.717, 1.165) is 6.54 Å². The number of piperidine rings is 1. The van der Waals surface area contributed by atoms with Gasteiger partial charge in [0.05, 0.1) is 11.7 Å². The number of hydrogen-bond acceptors (Lipinski definition) is 3. The van der Waals surface area contributed by atoms with Gasteiger partial charge in [-0.15, -0.1) is 11.3 Å². The lowest BCUT2D eigenvalue weighted by molar-refractivity contribution is 0.134. The van der Waals surface area contributed by atoms with Crippen molar-refractivity contribution >= 4 is 11.3 Å². The number of rotatable bonds is 3. The molecule has 1 fully saturated rings. The highest BCUT2D eigenvalue weighted by molar-refractivity contribution is 7.12. The van der Waals surface area contributed by atoms with Crippen LogP contribution in [0.1, 0.15) is 46.3 Å². The first-order valence-corrected chi connectivity index (χ1v) is 8.24. The maximum atomic E-state index is 4.35. The predicted molar refractivity (Wildman–Crippen MR) is 84.0 cm³/mol. The largest absolute Gasteiger partial charge is 0.290 e. The van der Waals surface area contributed by atoms with Gasteiger partial charge in [0, 0.05) is 29.5 Å². The highest BCUT2D eigenvalue weighted by Gasteiger charge is 2.26. The zero-order chi connectivity index (χ0) is 14.1. The van der Waals surface area contributed by atoms with Gasteiger partial charge in [-0.2, -0.15) is 5.10 Å². The fourth-order valence-electron chi connectivity index (χ4n) is 3.29. The van der Waals surface area contributed by atoms with Crippen molar-refractivity contribution in [2.45, 2.75) is 45.7 Å². The zero-order valence-electron chi connectivity index (χ0n) is 12.6. The Balaban J connectivity index is 1.82. The number of thiophene rings is 1.